The van der Waals surface area contributed by atoms with E-state index in [-0.39, 0.29) is 11.7 Å². The van der Waals surface area contributed by atoms with Gasteiger partial charge in [0, 0.05) is 17.2 Å². The van der Waals surface area contributed by atoms with Gasteiger partial charge in [-0.15, -0.1) is 0 Å². The molecule has 1 unspecified atom stereocenters. The van der Waals surface area contributed by atoms with Crippen molar-refractivity contribution in [1.29, 1.82) is 0 Å². The number of amides is 1. The van der Waals surface area contributed by atoms with E-state index in [1.165, 1.54) is 11.0 Å². The number of rotatable bonds is 4. The lowest BCUT2D eigenvalue weighted by atomic mass is 10.1. The third-order valence-corrected chi connectivity index (χ3v) is 3.09. The quantitative estimate of drug-likeness (QED) is 0.816. The van der Waals surface area contributed by atoms with Crippen molar-refractivity contribution in [3.05, 3.63) is 27.3 Å². The smallest absolute Gasteiger partial charge is 0.257 e. The zero-order chi connectivity index (χ0) is 13.0. The molecule has 0 heterocycles. The molecule has 4 nitrogen and oxygen atoms in total. The number of aromatic hydroxyl groups is 1. The van der Waals surface area contributed by atoms with Crippen molar-refractivity contribution < 1.29 is 15.0 Å². The summed E-state index contributed by atoms with van der Waals surface area (Å²) in [7, 11) is 1.66. The average Bonchev–Trinajstić information content (AvgIpc) is 2.28. The van der Waals surface area contributed by atoms with E-state index in [1.807, 2.05) is 0 Å². The maximum Gasteiger partial charge on any atom is 0.257 e. The lowest BCUT2D eigenvalue weighted by Crippen LogP contribution is -2.29. The normalized spacial score (nSPS) is 12.2. The number of nitrogens with zero attached hydrogens (tertiary/aromatic N) is 1. The second-order valence-corrected chi connectivity index (χ2v) is 5.27. The number of phenolic OH excluding ortho intramolecular Hbond substituents is 1. The molecule has 1 rings (SSSR count). The lowest BCUT2D eigenvalue weighted by molar-refractivity contribution is 0.0766. The molecule has 94 valence electrons. The molecule has 0 aliphatic heterocycles. The molecule has 1 aromatic carbocycles. The van der Waals surface area contributed by atoms with Crippen molar-refractivity contribution in [2.75, 3.05) is 13.6 Å². The van der Waals surface area contributed by atoms with Gasteiger partial charge in [0.2, 0.25) is 0 Å². The number of phenols is 1. The Labute approximate surface area is 114 Å². The van der Waals surface area contributed by atoms with Crippen molar-refractivity contribution >= 4 is 28.5 Å². The van der Waals surface area contributed by atoms with Crippen LogP contribution in [-0.2, 0) is 0 Å². The van der Waals surface area contributed by atoms with Gasteiger partial charge in [-0.2, -0.15) is 0 Å². The minimum Gasteiger partial charge on any atom is -0.507 e. The van der Waals surface area contributed by atoms with Crippen molar-refractivity contribution in [1.82, 2.24) is 4.90 Å². The Kier molecular flexibility index (Phi) is 5.20. The number of hydrogen-bond acceptors (Lipinski definition) is 3. The van der Waals surface area contributed by atoms with Crippen LogP contribution in [0.25, 0.3) is 0 Å². The zero-order valence-corrected chi connectivity index (χ0v) is 12.0. The number of carbonyl (C=O) groups is 1. The predicted molar refractivity (Wildman–Crippen MR) is 74.1 cm³/mol. The standard InChI is InChI=1S/C12H16INO3/c1-8(15)5-6-14(2)12(17)10-7-9(13)3-4-11(10)16/h3-4,7-8,15-16H,5-6H2,1-2H3. The number of benzene rings is 1. The van der Waals surface area contributed by atoms with Crippen LogP contribution < -0.4 is 0 Å². The van der Waals surface area contributed by atoms with Crippen molar-refractivity contribution in [2.45, 2.75) is 19.4 Å². The Balaban J connectivity index is 2.78. The third kappa shape index (κ3) is 4.16. The second kappa shape index (κ2) is 6.20. The molecule has 2 N–H and O–H groups in total. The minimum absolute atomic E-state index is 0.0145. The summed E-state index contributed by atoms with van der Waals surface area (Å²) in [5, 5.41) is 18.8. The van der Waals surface area contributed by atoms with Gasteiger partial charge in [0.05, 0.1) is 11.7 Å². The Morgan fingerprint density at radius 2 is 2.18 bits per heavy atom. The van der Waals surface area contributed by atoms with Gasteiger partial charge in [0.25, 0.3) is 5.91 Å². The van der Waals surface area contributed by atoms with Crippen LogP contribution in [0.5, 0.6) is 5.75 Å². The summed E-state index contributed by atoms with van der Waals surface area (Å²) in [6, 6.07) is 4.90. The molecule has 0 aromatic heterocycles. The van der Waals surface area contributed by atoms with Gasteiger partial charge in [-0.1, -0.05) is 0 Å². The van der Waals surface area contributed by atoms with Crippen molar-refractivity contribution in [2.24, 2.45) is 0 Å². The van der Waals surface area contributed by atoms with Crippen molar-refractivity contribution in [3.8, 4) is 5.75 Å². The molecule has 0 saturated carbocycles. The highest BCUT2D eigenvalue weighted by Gasteiger charge is 2.16. The minimum atomic E-state index is -0.435. The van der Waals surface area contributed by atoms with Crippen LogP contribution in [-0.4, -0.2) is 40.7 Å². The van der Waals surface area contributed by atoms with E-state index in [4.69, 9.17) is 5.11 Å². The molecule has 0 spiro atoms. The van der Waals surface area contributed by atoms with Gasteiger partial charge in [-0.05, 0) is 54.1 Å². The highest BCUT2D eigenvalue weighted by atomic mass is 127. The van der Waals surface area contributed by atoms with Crippen LogP contribution in [0.3, 0.4) is 0 Å². The van der Waals surface area contributed by atoms with E-state index in [1.54, 1.807) is 26.1 Å². The first-order valence-corrected chi connectivity index (χ1v) is 6.41. The molecule has 17 heavy (non-hydrogen) atoms. The molecule has 1 atom stereocenters. The van der Waals surface area contributed by atoms with Gasteiger partial charge in [-0.25, -0.2) is 0 Å². The van der Waals surface area contributed by atoms with Crippen LogP contribution >= 0.6 is 22.6 Å². The monoisotopic (exact) mass is 349 g/mol. The summed E-state index contributed by atoms with van der Waals surface area (Å²) < 4.78 is 0.896. The fourth-order valence-corrected chi connectivity index (χ4v) is 1.86. The number of aliphatic hydroxyl groups excluding tert-OH is 1. The topological polar surface area (TPSA) is 60.8 Å². The Morgan fingerprint density at radius 1 is 1.53 bits per heavy atom. The Morgan fingerprint density at radius 3 is 2.76 bits per heavy atom. The van der Waals surface area contributed by atoms with E-state index in [2.05, 4.69) is 22.6 Å². The Bertz CT molecular complexity index is 407. The molecule has 0 aliphatic carbocycles. The fraction of sp³-hybridized carbons (Fsp3) is 0.417. The summed E-state index contributed by atoms with van der Waals surface area (Å²) in [5.41, 5.74) is 0.296. The summed E-state index contributed by atoms with van der Waals surface area (Å²) in [6.45, 7) is 2.14. The Hall–Kier alpha value is -0.820. The van der Waals surface area contributed by atoms with Gasteiger partial charge in [0.15, 0.2) is 0 Å². The number of carbonyl (C=O) groups excluding carboxylic acids is 1. The van der Waals surface area contributed by atoms with E-state index < -0.39 is 6.10 Å². The molecule has 0 bridgehead atoms. The van der Waals surface area contributed by atoms with E-state index in [9.17, 15) is 9.90 Å². The van der Waals surface area contributed by atoms with E-state index in [0.29, 0.717) is 18.5 Å². The van der Waals surface area contributed by atoms with Crippen LogP contribution in [0.1, 0.15) is 23.7 Å². The first kappa shape index (κ1) is 14.2. The molecular formula is C12H16INO3. The predicted octanol–water partition coefficient (Wildman–Crippen LogP) is 1.84. The maximum absolute atomic E-state index is 12.0. The molecule has 0 radical (unpaired) electrons. The largest absolute Gasteiger partial charge is 0.507 e. The summed E-state index contributed by atoms with van der Waals surface area (Å²) >= 11 is 2.09. The third-order valence-electron chi connectivity index (χ3n) is 2.42. The maximum atomic E-state index is 12.0. The van der Waals surface area contributed by atoms with E-state index in [0.717, 1.165) is 3.57 Å². The van der Waals surface area contributed by atoms with Gasteiger partial charge in [0.1, 0.15) is 5.75 Å². The van der Waals surface area contributed by atoms with Crippen LogP contribution in [0.4, 0.5) is 0 Å². The highest BCUT2D eigenvalue weighted by Crippen LogP contribution is 2.21. The first-order chi connectivity index (χ1) is 7.91. The van der Waals surface area contributed by atoms with Crippen LogP contribution in [0.2, 0.25) is 0 Å². The molecule has 5 heteroatoms. The lowest BCUT2D eigenvalue weighted by Gasteiger charge is -2.18. The second-order valence-electron chi connectivity index (χ2n) is 4.03. The number of hydrogen-bond donors (Lipinski definition) is 2. The molecular weight excluding hydrogens is 333 g/mol. The van der Waals surface area contributed by atoms with Crippen LogP contribution in [0, 0.1) is 3.57 Å². The SMILES string of the molecule is CC(O)CCN(C)C(=O)c1cc(I)ccc1O. The molecule has 0 aliphatic rings. The van der Waals surface area contributed by atoms with E-state index >= 15 is 0 Å². The summed E-state index contributed by atoms with van der Waals surface area (Å²) in [6.07, 6.45) is 0.0854. The summed E-state index contributed by atoms with van der Waals surface area (Å²) in [4.78, 5) is 13.5. The first-order valence-electron chi connectivity index (χ1n) is 5.34. The molecule has 0 fully saturated rings. The number of halogens is 1. The van der Waals surface area contributed by atoms with Crippen molar-refractivity contribution in [3.63, 3.8) is 0 Å². The summed E-state index contributed by atoms with van der Waals surface area (Å²) in [5.74, 6) is -0.249. The van der Waals surface area contributed by atoms with Gasteiger partial charge < -0.3 is 15.1 Å². The molecule has 0 saturated heterocycles. The molecule has 1 aromatic rings. The number of aliphatic hydroxyl groups is 1. The highest BCUT2D eigenvalue weighted by molar-refractivity contribution is 14.1. The van der Waals surface area contributed by atoms with Gasteiger partial charge in [-0.3, -0.25) is 4.79 Å². The van der Waals surface area contributed by atoms with Crippen LogP contribution in [0.15, 0.2) is 18.2 Å². The fourth-order valence-electron chi connectivity index (χ4n) is 1.37. The molecule has 1 amide bonds. The van der Waals surface area contributed by atoms with Gasteiger partial charge >= 0.3 is 0 Å². The zero-order valence-electron chi connectivity index (χ0n) is 9.85. The average molecular weight is 349 g/mol.